The summed E-state index contributed by atoms with van der Waals surface area (Å²) < 4.78 is 0. The lowest BCUT2D eigenvalue weighted by Crippen LogP contribution is -2.02. The summed E-state index contributed by atoms with van der Waals surface area (Å²) in [6.07, 6.45) is 2.76. The molecule has 0 bridgehead atoms. The maximum atomic E-state index is 10.7. The van der Waals surface area contributed by atoms with E-state index in [0.717, 1.165) is 11.4 Å². The molecule has 1 aliphatic rings. The lowest BCUT2D eigenvalue weighted by atomic mass is 10.3. The molecule has 0 atom stereocenters. The van der Waals surface area contributed by atoms with Crippen molar-refractivity contribution in [3.63, 3.8) is 0 Å². The van der Waals surface area contributed by atoms with Gasteiger partial charge in [0.05, 0.1) is 16.9 Å². The maximum Gasteiger partial charge on any atom is 0.338 e. The van der Waals surface area contributed by atoms with E-state index in [9.17, 15) is 4.79 Å². The molecule has 4 heteroatoms. The Labute approximate surface area is 80.6 Å². The second kappa shape index (κ2) is 3.33. The third-order valence-electron chi connectivity index (χ3n) is 1.88. The van der Waals surface area contributed by atoms with E-state index in [1.54, 1.807) is 0 Å². The summed E-state index contributed by atoms with van der Waals surface area (Å²) in [7, 11) is 0. The zero-order valence-electron chi connectivity index (χ0n) is 7.27. The lowest BCUT2D eigenvalue weighted by molar-refractivity contribution is -0.132. The Bertz CT molecular complexity index is 436. The van der Waals surface area contributed by atoms with Crippen LogP contribution in [0.15, 0.2) is 41.0 Å². The van der Waals surface area contributed by atoms with Crippen molar-refractivity contribution in [2.75, 3.05) is 5.32 Å². The molecule has 70 valence electrons. The minimum Gasteiger partial charge on any atom is -0.478 e. The van der Waals surface area contributed by atoms with Gasteiger partial charge in [0.15, 0.2) is 0 Å². The number of hydrogen-bond donors (Lipinski definition) is 2. The molecule has 1 heterocycles. The standard InChI is InChI=1S/C10H8N2O2/c13-10(14)7-5-11-8-3-1-2-4-9(8)12-6-7/h1-6,11H,(H,13,14). The van der Waals surface area contributed by atoms with Crippen molar-refractivity contribution >= 4 is 23.6 Å². The highest BCUT2D eigenvalue weighted by Crippen LogP contribution is 2.25. The van der Waals surface area contributed by atoms with E-state index < -0.39 is 5.97 Å². The van der Waals surface area contributed by atoms with Crippen molar-refractivity contribution in [3.05, 3.63) is 36.0 Å². The van der Waals surface area contributed by atoms with Crippen LogP contribution in [-0.4, -0.2) is 17.3 Å². The van der Waals surface area contributed by atoms with Gasteiger partial charge in [-0.3, -0.25) is 4.99 Å². The van der Waals surface area contributed by atoms with Crippen molar-refractivity contribution in [1.29, 1.82) is 0 Å². The number of carboxylic acid groups (broad SMARTS) is 1. The van der Waals surface area contributed by atoms with E-state index in [2.05, 4.69) is 10.3 Å². The summed E-state index contributed by atoms with van der Waals surface area (Å²) >= 11 is 0. The highest BCUT2D eigenvalue weighted by atomic mass is 16.4. The minimum atomic E-state index is -0.992. The number of benzene rings is 1. The van der Waals surface area contributed by atoms with Crippen LogP contribution in [0.4, 0.5) is 11.4 Å². The van der Waals surface area contributed by atoms with Gasteiger partial charge >= 0.3 is 5.97 Å². The Kier molecular flexibility index (Phi) is 2.02. The van der Waals surface area contributed by atoms with E-state index in [1.807, 2.05) is 24.3 Å². The van der Waals surface area contributed by atoms with Gasteiger partial charge in [0.2, 0.25) is 0 Å². The van der Waals surface area contributed by atoms with E-state index in [0.29, 0.717) is 0 Å². The summed E-state index contributed by atoms with van der Waals surface area (Å²) in [5.74, 6) is -0.992. The molecule has 14 heavy (non-hydrogen) atoms. The highest BCUT2D eigenvalue weighted by Gasteiger charge is 2.08. The quantitative estimate of drug-likeness (QED) is 0.706. The number of anilines is 1. The van der Waals surface area contributed by atoms with Crippen LogP contribution < -0.4 is 5.32 Å². The number of fused-ring (bicyclic) bond motifs is 1. The van der Waals surface area contributed by atoms with Gasteiger partial charge in [-0.2, -0.15) is 0 Å². The fourth-order valence-electron chi connectivity index (χ4n) is 1.16. The van der Waals surface area contributed by atoms with E-state index in [-0.39, 0.29) is 5.57 Å². The predicted molar refractivity (Wildman–Crippen MR) is 53.9 cm³/mol. The number of aliphatic imine (C=N–C) groups is 1. The second-order valence-corrected chi connectivity index (χ2v) is 2.82. The van der Waals surface area contributed by atoms with Crippen molar-refractivity contribution < 1.29 is 9.90 Å². The molecule has 0 aliphatic carbocycles. The average molecular weight is 188 g/mol. The Morgan fingerprint density at radius 2 is 2.14 bits per heavy atom. The third kappa shape index (κ3) is 1.50. The molecule has 1 aromatic rings. The topological polar surface area (TPSA) is 61.7 Å². The van der Waals surface area contributed by atoms with Crippen molar-refractivity contribution in [3.8, 4) is 0 Å². The molecule has 1 aromatic carbocycles. The molecule has 0 radical (unpaired) electrons. The highest BCUT2D eigenvalue weighted by molar-refractivity contribution is 6.10. The van der Waals surface area contributed by atoms with Crippen LogP contribution in [0.5, 0.6) is 0 Å². The molecule has 4 nitrogen and oxygen atoms in total. The Hall–Kier alpha value is -2.10. The van der Waals surface area contributed by atoms with Crippen LogP contribution in [0, 0.1) is 0 Å². The molecule has 0 fully saturated rings. The van der Waals surface area contributed by atoms with Crippen molar-refractivity contribution in [1.82, 2.24) is 0 Å². The zero-order chi connectivity index (χ0) is 9.97. The third-order valence-corrected chi connectivity index (χ3v) is 1.88. The number of nitrogens with zero attached hydrogens (tertiary/aromatic N) is 1. The van der Waals surface area contributed by atoms with Gasteiger partial charge in [0.25, 0.3) is 0 Å². The maximum absolute atomic E-state index is 10.7. The van der Waals surface area contributed by atoms with E-state index in [4.69, 9.17) is 5.11 Å². The molecular weight excluding hydrogens is 180 g/mol. The predicted octanol–water partition coefficient (Wildman–Crippen LogP) is 1.78. The Balaban J connectivity index is 2.41. The smallest absolute Gasteiger partial charge is 0.338 e. The first-order valence-corrected chi connectivity index (χ1v) is 4.10. The summed E-state index contributed by atoms with van der Waals surface area (Å²) in [4.78, 5) is 14.7. The van der Waals surface area contributed by atoms with Crippen LogP contribution in [0.2, 0.25) is 0 Å². The molecule has 2 N–H and O–H groups in total. The number of nitrogens with one attached hydrogen (secondary N) is 1. The molecule has 0 amide bonds. The van der Waals surface area contributed by atoms with Gasteiger partial charge in [-0.1, -0.05) is 12.1 Å². The molecule has 0 saturated carbocycles. The Morgan fingerprint density at radius 1 is 1.36 bits per heavy atom. The van der Waals surface area contributed by atoms with Crippen LogP contribution in [-0.2, 0) is 4.79 Å². The molecule has 2 rings (SSSR count). The van der Waals surface area contributed by atoms with Gasteiger partial charge in [-0.15, -0.1) is 0 Å². The number of aliphatic carboxylic acids is 1. The van der Waals surface area contributed by atoms with Gasteiger partial charge in [-0.25, -0.2) is 4.79 Å². The van der Waals surface area contributed by atoms with Gasteiger partial charge in [0, 0.05) is 12.4 Å². The van der Waals surface area contributed by atoms with Crippen molar-refractivity contribution in [2.45, 2.75) is 0 Å². The molecule has 0 spiro atoms. The summed E-state index contributed by atoms with van der Waals surface area (Å²) in [5, 5.41) is 11.6. The summed E-state index contributed by atoms with van der Waals surface area (Å²) in [6.45, 7) is 0. The number of para-hydroxylation sites is 2. The molecule has 0 saturated heterocycles. The molecule has 0 unspecified atom stereocenters. The SMILES string of the molecule is O=C(O)C1=CNc2ccccc2N=C1. The molecular formula is C10H8N2O2. The lowest BCUT2D eigenvalue weighted by Gasteiger charge is -2.01. The van der Waals surface area contributed by atoms with E-state index in [1.165, 1.54) is 12.4 Å². The normalized spacial score (nSPS) is 13.6. The summed E-state index contributed by atoms with van der Waals surface area (Å²) in [5.41, 5.74) is 1.68. The average Bonchev–Trinajstić information content (AvgIpc) is 2.39. The second-order valence-electron chi connectivity index (χ2n) is 2.82. The largest absolute Gasteiger partial charge is 0.478 e. The Morgan fingerprint density at radius 3 is 2.93 bits per heavy atom. The number of carboxylic acids is 1. The van der Waals surface area contributed by atoms with Crippen LogP contribution in [0.3, 0.4) is 0 Å². The minimum absolute atomic E-state index is 0.140. The first kappa shape index (κ1) is 8.50. The molecule has 1 aliphatic heterocycles. The van der Waals surface area contributed by atoms with Crippen LogP contribution >= 0.6 is 0 Å². The van der Waals surface area contributed by atoms with Crippen LogP contribution in [0.25, 0.3) is 0 Å². The molecule has 0 aromatic heterocycles. The van der Waals surface area contributed by atoms with Crippen LogP contribution in [0.1, 0.15) is 0 Å². The first-order chi connectivity index (χ1) is 6.77. The van der Waals surface area contributed by atoms with Gasteiger partial charge in [0.1, 0.15) is 0 Å². The monoisotopic (exact) mass is 188 g/mol. The van der Waals surface area contributed by atoms with Gasteiger partial charge in [-0.05, 0) is 12.1 Å². The van der Waals surface area contributed by atoms with Crippen molar-refractivity contribution in [2.24, 2.45) is 4.99 Å². The zero-order valence-corrected chi connectivity index (χ0v) is 7.27. The first-order valence-electron chi connectivity index (χ1n) is 4.10. The number of rotatable bonds is 1. The fourth-order valence-corrected chi connectivity index (χ4v) is 1.16. The fraction of sp³-hybridized carbons (Fsp3) is 0. The van der Waals surface area contributed by atoms with E-state index >= 15 is 0 Å². The number of hydrogen-bond acceptors (Lipinski definition) is 3. The summed E-state index contributed by atoms with van der Waals surface area (Å²) in [6, 6.07) is 7.37. The van der Waals surface area contributed by atoms with Gasteiger partial charge < -0.3 is 10.4 Å². The number of carbonyl (C=O) groups is 1.